The van der Waals surface area contributed by atoms with Gasteiger partial charge in [-0.3, -0.25) is 0 Å². The lowest BCUT2D eigenvalue weighted by atomic mass is 9.77. The Morgan fingerprint density at radius 3 is 2.06 bits per heavy atom. The smallest absolute Gasteiger partial charge is 0.194 e. The molecule has 1 aliphatic carbocycles. The Balaban J connectivity index is 2.05. The molecule has 0 nitrogen and oxygen atoms in total. The summed E-state index contributed by atoms with van der Waals surface area (Å²) in [6, 6.07) is 2.31. The first-order chi connectivity index (χ1) is 8.61. The van der Waals surface area contributed by atoms with E-state index in [0.29, 0.717) is 5.56 Å². The molecule has 0 unspecified atom stereocenters. The summed E-state index contributed by atoms with van der Waals surface area (Å²) in [5.74, 6) is -2.57. The molecule has 2 rings (SSSR count). The van der Waals surface area contributed by atoms with E-state index in [1.54, 1.807) is 0 Å². The Labute approximate surface area is 106 Å². The van der Waals surface area contributed by atoms with E-state index in [2.05, 4.69) is 6.92 Å². The van der Waals surface area contributed by atoms with E-state index in [0.717, 1.165) is 43.7 Å². The predicted octanol–water partition coefficient (Wildman–Crippen LogP) is 5.18. The van der Waals surface area contributed by atoms with Crippen LogP contribution in [-0.2, 0) is 0 Å². The summed E-state index contributed by atoms with van der Waals surface area (Å²) in [6.45, 7) is 2.18. The van der Waals surface area contributed by atoms with Gasteiger partial charge in [0.05, 0.1) is 0 Å². The van der Waals surface area contributed by atoms with Crippen molar-refractivity contribution in [1.29, 1.82) is 0 Å². The summed E-state index contributed by atoms with van der Waals surface area (Å²) in [7, 11) is 0. The largest absolute Gasteiger partial charge is 0.204 e. The van der Waals surface area contributed by atoms with E-state index in [4.69, 9.17) is 0 Å². The maximum Gasteiger partial charge on any atom is 0.194 e. The van der Waals surface area contributed by atoms with Gasteiger partial charge in [0, 0.05) is 0 Å². The molecule has 100 valence electrons. The fourth-order valence-corrected chi connectivity index (χ4v) is 3.00. The van der Waals surface area contributed by atoms with Gasteiger partial charge in [0.2, 0.25) is 0 Å². The third-order valence-corrected chi connectivity index (χ3v) is 4.02. The van der Waals surface area contributed by atoms with Crippen molar-refractivity contribution in [2.75, 3.05) is 0 Å². The summed E-state index contributed by atoms with van der Waals surface area (Å²) in [4.78, 5) is 0. The lowest BCUT2D eigenvalue weighted by molar-refractivity contribution is 0.307. The zero-order chi connectivity index (χ0) is 13.1. The second-order valence-corrected chi connectivity index (χ2v) is 5.30. The molecule has 0 bridgehead atoms. The average Bonchev–Trinajstić information content (AvgIpc) is 2.37. The molecule has 0 heterocycles. The molecule has 0 saturated heterocycles. The van der Waals surface area contributed by atoms with Gasteiger partial charge in [0.25, 0.3) is 0 Å². The molecule has 0 spiro atoms. The van der Waals surface area contributed by atoms with Gasteiger partial charge in [0.15, 0.2) is 17.5 Å². The molecule has 3 heteroatoms. The van der Waals surface area contributed by atoms with Gasteiger partial charge in [0.1, 0.15) is 0 Å². The summed E-state index contributed by atoms with van der Waals surface area (Å²) < 4.78 is 39.2. The number of rotatable bonds is 3. The van der Waals surface area contributed by atoms with Crippen LogP contribution < -0.4 is 0 Å². The third kappa shape index (κ3) is 2.88. The van der Waals surface area contributed by atoms with E-state index in [1.807, 2.05) is 0 Å². The van der Waals surface area contributed by atoms with Crippen LogP contribution in [0.3, 0.4) is 0 Å². The molecule has 0 aliphatic heterocycles. The minimum Gasteiger partial charge on any atom is -0.204 e. The van der Waals surface area contributed by atoms with Crippen LogP contribution in [0.15, 0.2) is 12.1 Å². The highest BCUT2D eigenvalue weighted by atomic mass is 19.2. The van der Waals surface area contributed by atoms with E-state index < -0.39 is 17.5 Å². The molecule has 0 aromatic heterocycles. The number of benzene rings is 1. The molecule has 0 atom stereocenters. The predicted molar refractivity (Wildman–Crippen MR) is 65.9 cm³/mol. The van der Waals surface area contributed by atoms with Gasteiger partial charge in [-0.25, -0.2) is 13.2 Å². The molecular weight excluding hydrogens is 237 g/mol. The van der Waals surface area contributed by atoms with Gasteiger partial charge in [-0.05, 0) is 55.2 Å². The maximum absolute atomic E-state index is 13.2. The summed E-state index contributed by atoms with van der Waals surface area (Å²) in [6.07, 6.45) is 6.55. The Hall–Kier alpha value is -0.990. The Bertz CT molecular complexity index is 383. The fraction of sp³-hybridized carbons (Fsp3) is 0.600. The second-order valence-electron chi connectivity index (χ2n) is 5.30. The van der Waals surface area contributed by atoms with Crippen LogP contribution in [0.2, 0.25) is 0 Å². The van der Waals surface area contributed by atoms with Gasteiger partial charge >= 0.3 is 0 Å². The minimum atomic E-state index is -1.36. The van der Waals surface area contributed by atoms with E-state index >= 15 is 0 Å². The molecule has 0 N–H and O–H groups in total. The molecule has 1 saturated carbocycles. The zero-order valence-electron chi connectivity index (χ0n) is 10.7. The molecule has 18 heavy (non-hydrogen) atoms. The van der Waals surface area contributed by atoms with Gasteiger partial charge in [-0.2, -0.15) is 0 Å². The highest BCUT2D eigenvalue weighted by Gasteiger charge is 2.23. The molecular formula is C15H19F3. The summed E-state index contributed by atoms with van der Waals surface area (Å²) in [5.41, 5.74) is 0.612. The Morgan fingerprint density at radius 1 is 1.00 bits per heavy atom. The van der Waals surface area contributed by atoms with Gasteiger partial charge in [-0.1, -0.05) is 19.8 Å². The lowest BCUT2D eigenvalue weighted by Crippen LogP contribution is -2.13. The van der Waals surface area contributed by atoms with Crippen molar-refractivity contribution < 1.29 is 13.2 Å². The summed E-state index contributed by atoms with van der Waals surface area (Å²) in [5, 5.41) is 0. The highest BCUT2D eigenvalue weighted by molar-refractivity contribution is 5.23. The van der Waals surface area contributed by atoms with Gasteiger partial charge in [-0.15, -0.1) is 0 Å². The first kappa shape index (κ1) is 13.4. The van der Waals surface area contributed by atoms with Crippen LogP contribution in [0.25, 0.3) is 0 Å². The first-order valence-corrected chi connectivity index (χ1v) is 6.76. The van der Waals surface area contributed by atoms with Crippen molar-refractivity contribution >= 4 is 0 Å². The van der Waals surface area contributed by atoms with Crippen LogP contribution in [-0.4, -0.2) is 0 Å². The first-order valence-electron chi connectivity index (χ1n) is 6.76. The normalized spacial score (nSPS) is 24.2. The minimum absolute atomic E-state index is 0.183. The molecule has 0 amide bonds. The van der Waals surface area contributed by atoms with Crippen LogP contribution >= 0.6 is 0 Å². The maximum atomic E-state index is 13.2. The van der Waals surface area contributed by atoms with Crippen molar-refractivity contribution in [3.63, 3.8) is 0 Å². The molecule has 1 aromatic rings. The number of halogens is 3. The average molecular weight is 256 g/mol. The van der Waals surface area contributed by atoms with E-state index in [1.165, 1.54) is 12.8 Å². The Morgan fingerprint density at radius 2 is 1.56 bits per heavy atom. The van der Waals surface area contributed by atoms with Crippen LogP contribution in [0.1, 0.15) is 56.9 Å². The highest BCUT2D eigenvalue weighted by Crippen LogP contribution is 2.38. The van der Waals surface area contributed by atoms with Crippen molar-refractivity contribution in [3.8, 4) is 0 Å². The lowest BCUT2D eigenvalue weighted by Gasteiger charge is -2.28. The monoisotopic (exact) mass is 256 g/mol. The van der Waals surface area contributed by atoms with E-state index in [9.17, 15) is 13.2 Å². The quantitative estimate of drug-likeness (QED) is 0.654. The standard InChI is InChI=1S/C15H19F3/c1-2-3-10-4-6-11(7-5-10)12-8-13(16)15(18)14(17)9-12/h8-11H,2-7H2,1H3. The Kier molecular flexibility index (Phi) is 4.31. The third-order valence-electron chi connectivity index (χ3n) is 4.02. The SMILES string of the molecule is CCCC1CCC(c2cc(F)c(F)c(F)c2)CC1. The van der Waals surface area contributed by atoms with Crippen molar-refractivity contribution in [2.45, 2.75) is 51.4 Å². The number of hydrogen-bond donors (Lipinski definition) is 0. The zero-order valence-corrected chi connectivity index (χ0v) is 10.7. The van der Waals surface area contributed by atoms with Gasteiger partial charge < -0.3 is 0 Å². The molecule has 1 aliphatic rings. The van der Waals surface area contributed by atoms with Crippen molar-refractivity contribution in [3.05, 3.63) is 35.1 Å². The topological polar surface area (TPSA) is 0 Å². The van der Waals surface area contributed by atoms with E-state index in [-0.39, 0.29) is 5.92 Å². The van der Waals surface area contributed by atoms with Crippen molar-refractivity contribution in [1.82, 2.24) is 0 Å². The van der Waals surface area contributed by atoms with Crippen molar-refractivity contribution in [2.24, 2.45) is 5.92 Å². The van der Waals surface area contributed by atoms with Crippen LogP contribution in [0, 0.1) is 23.4 Å². The number of hydrogen-bond acceptors (Lipinski definition) is 0. The molecule has 1 aromatic carbocycles. The summed E-state index contributed by atoms with van der Waals surface area (Å²) >= 11 is 0. The molecule has 1 fully saturated rings. The fourth-order valence-electron chi connectivity index (χ4n) is 3.00. The van der Waals surface area contributed by atoms with Crippen LogP contribution in [0.5, 0.6) is 0 Å². The second kappa shape index (κ2) is 5.77. The molecule has 0 radical (unpaired) electrons. The van der Waals surface area contributed by atoms with Crippen LogP contribution in [0.4, 0.5) is 13.2 Å².